The average Bonchev–Trinajstić information content (AvgIpc) is 2.26. The Bertz CT molecular complexity index is 246. The SMILES string of the molecule is C=CC(C/C=C/C(C)C)NC/C=C\C=C/C. The molecular formula is C15H25N. The highest BCUT2D eigenvalue weighted by Gasteiger charge is 1.98. The first-order chi connectivity index (χ1) is 7.70. The fourth-order valence-electron chi connectivity index (χ4n) is 1.24. The van der Waals surface area contributed by atoms with Crippen molar-refractivity contribution in [3.8, 4) is 0 Å². The predicted molar refractivity (Wildman–Crippen MR) is 74.5 cm³/mol. The van der Waals surface area contributed by atoms with E-state index in [4.69, 9.17) is 0 Å². The first-order valence-corrected chi connectivity index (χ1v) is 6.01. The van der Waals surface area contributed by atoms with Crippen molar-refractivity contribution in [2.45, 2.75) is 33.2 Å². The van der Waals surface area contributed by atoms with Crippen molar-refractivity contribution in [3.63, 3.8) is 0 Å². The van der Waals surface area contributed by atoms with Crippen LogP contribution in [-0.4, -0.2) is 12.6 Å². The summed E-state index contributed by atoms with van der Waals surface area (Å²) >= 11 is 0. The minimum atomic E-state index is 0.366. The monoisotopic (exact) mass is 219 g/mol. The fourth-order valence-corrected chi connectivity index (χ4v) is 1.24. The highest BCUT2D eigenvalue weighted by molar-refractivity contribution is 5.03. The number of hydrogen-bond acceptors (Lipinski definition) is 1. The second kappa shape index (κ2) is 10.4. The van der Waals surface area contributed by atoms with Crippen LogP contribution in [0.4, 0.5) is 0 Å². The van der Waals surface area contributed by atoms with Gasteiger partial charge < -0.3 is 5.32 Å². The van der Waals surface area contributed by atoms with Crippen LogP contribution in [0.2, 0.25) is 0 Å². The Morgan fingerprint density at radius 3 is 2.50 bits per heavy atom. The molecule has 0 rings (SSSR count). The van der Waals surface area contributed by atoms with E-state index >= 15 is 0 Å². The van der Waals surface area contributed by atoms with E-state index < -0.39 is 0 Å². The molecule has 0 aliphatic rings. The smallest absolute Gasteiger partial charge is 0.0284 e. The quantitative estimate of drug-likeness (QED) is 0.483. The summed E-state index contributed by atoms with van der Waals surface area (Å²) in [5, 5.41) is 3.41. The Kier molecular flexibility index (Phi) is 9.73. The second-order valence-electron chi connectivity index (χ2n) is 4.11. The van der Waals surface area contributed by atoms with Crippen molar-refractivity contribution >= 4 is 0 Å². The number of rotatable bonds is 8. The molecule has 0 spiro atoms. The lowest BCUT2D eigenvalue weighted by molar-refractivity contribution is 0.640. The van der Waals surface area contributed by atoms with E-state index in [1.165, 1.54) is 0 Å². The van der Waals surface area contributed by atoms with Crippen LogP contribution < -0.4 is 5.32 Å². The minimum Gasteiger partial charge on any atom is -0.307 e. The number of nitrogens with one attached hydrogen (secondary N) is 1. The van der Waals surface area contributed by atoms with E-state index in [-0.39, 0.29) is 0 Å². The zero-order chi connectivity index (χ0) is 12.2. The van der Waals surface area contributed by atoms with Gasteiger partial charge >= 0.3 is 0 Å². The van der Waals surface area contributed by atoms with Gasteiger partial charge in [0.15, 0.2) is 0 Å². The third-order valence-electron chi connectivity index (χ3n) is 2.13. The van der Waals surface area contributed by atoms with Crippen molar-refractivity contribution < 1.29 is 0 Å². The maximum atomic E-state index is 3.84. The van der Waals surface area contributed by atoms with E-state index in [1.807, 2.05) is 25.2 Å². The highest BCUT2D eigenvalue weighted by atomic mass is 14.9. The molecule has 0 saturated heterocycles. The summed E-state index contributed by atoms with van der Waals surface area (Å²) in [4.78, 5) is 0. The van der Waals surface area contributed by atoms with Gasteiger partial charge in [0, 0.05) is 12.6 Å². The van der Waals surface area contributed by atoms with Crippen LogP contribution in [-0.2, 0) is 0 Å². The molecule has 1 nitrogen and oxygen atoms in total. The molecule has 0 fully saturated rings. The molecule has 0 radical (unpaired) electrons. The number of allylic oxidation sites excluding steroid dienone is 4. The molecule has 16 heavy (non-hydrogen) atoms. The largest absolute Gasteiger partial charge is 0.307 e. The van der Waals surface area contributed by atoms with Crippen molar-refractivity contribution in [1.29, 1.82) is 0 Å². The first kappa shape index (κ1) is 14.9. The molecule has 1 heteroatoms. The summed E-state index contributed by atoms with van der Waals surface area (Å²) in [6.07, 6.45) is 15.6. The van der Waals surface area contributed by atoms with Crippen LogP contribution in [0.1, 0.15) is 27.2 Å². The Morgan fingerprint density at radius 2 is 1.94 bits per heavy atom. The molecule has 0 aliphatic carbocycles. The molecule has 90 valence electrons. The summed E-state index contributed by atoms with van der Waals surface area (Å²) in [6, 6.07) is 0.366. The number of hydrogen-bond donors (Lipinski definition) is 1. The Morgan fingerprint density at radius 1 is 1.19 bits per heavy atom. The lowest BCUT2D eigenvalue weighted by atomic mass is 10.1. The summed E-state index contributed by atoms with van der Waals surface area (Å²) in [5.41, 5.74) is 0. The lowest BCUT2D eigenvalue weighted by Gasteiger charge is -2.10. The van der Waals surface area contributed by atoms with Crippen LogP contribution >= 0.6 is 0 Å². The van der Waals surface area contributed by atoms with Gasteiger partial charge in [-0.1, -0.05) is 56.4 Å². The molecule has 0 aromatic heterocycles. The van der Waals surface area contributed by atoms with Gasteiger partial charge in [-0.2, -0.15) is 0 Å². The standard InChI is InChI=1S/C15H25N/c1-5-7-8-9-13-16-15(6-2)12-10-11-14(3)4/h5-11,14-16H,2,12-13H2,1,3-4H3/b7-5-,9-8-,11-10+. The van der Waals surface area contributed by atoms with Gasteiger partial charge in [0.25, 0.3) is 0 Å². The molecular weight excluding hydrogens is 194 g/mol. The average molecular weight is 219 g/mol. The van der Waals surface area contributed by atoms with E-state index in [0.29, 0.717) is 12.0 Å². The summed E-state index contributed by atoms with van der Waals surface area (Å²) in [5.74, 6) is 0.625. The van der Waals surface area contributed by atoms with E-state index in [9.17, 15) is 0 Å². The molecule has 1 atom stereocenters. The van der Waals surface area contributed by atoms with Crippen LogP contribution in [0, 0.1) is 5.92 Å². The Labute approximate surface area is 101 Å². The normalized spacial score (nSPS) is 14.5. The minimum absolute atomic E-state index is 0.366. The van der Waals surface area contributed by atoms with Crippen molar-refractivity contribution in [1.82, 2.24) is 5.32 Å². The fraction of sp³-hybridized carbons (Fsp3) is 0.467. The molecule has 0 bridgehead atoms. The van der Waals surface area contributed by atoms with Crippen LogP contribution in [0.5, 0.6) is 0 Å². The zero-order valence-electron chi connectivity index (χ0n) is 10.8. The third-order valence-corrected chi connectivity index (χ3v) is 2.13. The maximum absolute atomic E-state index is 3.84. The zero-order valence-corrected chi connectivity index (χ0v) is 10.8. The van der Waals surface area contributed by atoms with E-state index in [1.54, 1.807) is 0 Å². The summed E-state index contributed by atoms with van der Waals surface area (Å²) in [7, 11) is 0. The molecule has 0 aliphatic heterocycles. The van der Waals surface area contributed by atoms with Crippen molar-refractivity contribution in [2.24, 2.45) is 5.92 Å². The third kappa shape index (κ3) is 9.47. The van der Waals surface area contributed by atoms with E-state index in [0.717, 1.165) is 13.0 Å². The Hall–Kier alpha value is -1.08. The molecule has 0 heterocycles. The maximum Gasteiger partial charge on any atom is 0.0284 e. The topological polar surface area (TPSA) is 12.0 Å². The molecule has 1 N–H and O–H groups in total. The van der Waals surface area contributed by atoms with Gasteiger partial charge in [-0.15, -0.1) is 6.58 Å². The molecule has 0 amide bonds. The van der Waals surface area contributed by atoms with Gasteiger partial charge in [0.1, 0.15) is 0 Å². The summed E-state index contributed by atoms with van der Waals surface area (Å²) in [6.45, 7) is 11.1. The Balaban J connectivity index is 3.79. The van der Waals surface area contributed by atoms with Crippen LogP contribution in [0.15, 0.2) is 49.1 Å². The van der Waals surface area contributed by atoms with Gasteiger partial charge in [0.05, 0.1) is 0 Å². The highest BCUT2D eigenvalue weighted by Crippen LogP contribution is 1.99. The lowest BCUT2D eigenvalue weighted by Crippen LogP contribution is -2.26. The second-order valence-corrected chi connectivity index (χ2v) is 4.11. The summed E-state index contributed by atoms with van der Waals surface area (Å²) < 4.78 is 0. The van der Waals surface area contributed by atoms with Gasteiger partial charge in [0.2, 0.25) is 0 Å². The van der Waals surface area contributed by atoms with Gasteiger partial charge in [-0.25, -0.2) is 0 Å². The van der Waals surface area contributed by atoms with E-state index in [2.05, 4.69) is 50.0 Å². The van der Waals surface area contributed by atoms with Crippen molar-refractivity contribution in [2.75, 3.05) is 6.54 Å². The molecule has 1 unspecified atom stereocenters. The van der Waals surface area contributed by atoms with Crippen molar-refractivity contribution in [3.05, 3.63) is 49.1 Å². The van der Waals surface area contributed by atoms with Crippen LogP contribution in [0.3, 0.4) is 0 Å². The predicted octanol–water partition coefficient (Wildman–Crippen LogP) is 3.87. The molecule has 0 aromatic carbocycles. The van der Waals surface area contributed by atoms with Crippen LogP contribution in [0.25, 0.3) is 0 Å². The van der Waals surface area contributed by atoms with Gasteiger partial charge in [-0.05, 0) is 19.3 Å². The van der Waals surface area contributed by atoms with Gasteiger partial charge in [-0.3, -0.25) is 0 Å². The first-order valence-electron chi connectivity index (χ1n) is 6.01. The molecule has 0 saturated carbocycles. The molecule has 0 aromatic rings.